The van der Waals surface area contributed by atoms with Crippen LogP contribution in [0.3, 0.4) is 0 Å². The van der Waals surface area contributed by atoms with Crippen LogP contribution in [-0.2, 0) is 13.0 Å². The van der Waals surface area contributed by atoms with Crippen molar-refractivity contribution in [2.24, 2.45) is 0 Å². The van der Waals surface area contributed by atoms with E-state index in [-0.39, 0.29) is 0 Å². The Balaban J connectivity index is 2.32. The zero-order chi connectivity index (χ0) is 15.4. The Morgan fingerprint density at radius 3 is 2.62 bits per heavy atom. The number of methoxy groups -OCH3 is 1. The molecule has 0 radical (unpaired) electrons. The predicted octanol–water partition coefficient (Wildman–Crippen LogP) is 3.65. The molecule has 0 saturated carbocycles. The number of para-hydroxylation sites is 1. The van der Waals surface area contributed by atoms with Crippen molar-refractivity contribution in [1.82, 2.24) is 9.97 Å². The van der Waals surface area contributed by atoms with Crippen LogP contribution >= 0.6 is 11.6 Å². The molecular formula is C16H20ClN3O. The lowest BCUT2D eigenvalue weighted by Gasteiger charge is -2.22. The smallest absolute Gasteiger partial charge is 0.137 e. The molecular weight excluding hydrogens is 286 g/mol. The monoisotopic (exact) mass is 305 g/mol. The summed E-state index contributed by atoms with van der Waals surface area (Å²) < 4.78 is 5.40. The van der Waals surface area contributed by atoms with Crippen LogP contribution in [0, 0.1) is 6.92 Å². The van der Waals surface area contributed by atoms with Gasteiger partial charge in [-0.3, -0.25) is 0 Å². The molecule has 1 aromatic carbocycles. The van der Waals surface area contributed by atoms with Crippen molar-refractivity contribution in [3.05, 3.63) is 46.4 Å². The fourth-order valence-electron chi connectivity index (χ4n) is 2.21. The van der Waals surface area contributed by atoms with Crippen molar-refractivity contribution >= 4 is 17.4 Å². The van der Waals surface area contributed by atoms with E-state index in [4.69, 9.17) is 16.3 Å². The van der Waals surface area contributed by atoms with Gasteiger partial charge >= 0.3 is 0 Å². The second kappa shape index (κ2) is 6.76. The summed E-state index contributed by atoms with van der Waals surface area (Å²) in [6, 6.07) is 7.97. The molecule has 0 aliphatic carbocycles. The number of benzene rings is 1. The molecule has 0 atom stereocenters. The summed E-state index contributed by atoms with van der Waals surface area (Å²) in [7, 11) is 3.68. The van der Waals surface area contributed by atoms with E-state index in [2.05, 4.69) is 14.9 Å². The lowest BCUT2D eigenvalue weighted by molar-refractivity contribution is 0.409. The Morgan fingerprint density at radius 1 is 1.24 bits per heavy atom. The fourth-order valence-corrected chi connectivity index (χ4v) is 2.40. The molecule has 21 heavy (non-hydrogen) atoms. The van der Waals surface area contributed by atoms with Gasteiger partial charge in [-0.2, -0.15) is 0 Å². The number of ether oxygens (including phenoxy) is 1. The number of halogens is 1. The van der Waals surface area contributed by atoms with Gasteiger partial charge in [0.1, 0.15) is 22.5 Å². The molecule has 2 rings (SSSR count). The largest absolute Gasteiger partial charge is 0.496 e. The van der Waals surface area contributed by atoms with Gasteiger partial charge in [0.15, 0.2) is 0 Å². The zero-order valence-corrected chi connectivity index (χ0v) is 13.6. The number of aryl methyl sites for hydroxylation is 1. The molecule has 0 fully saturated rings. The molecule has 0 amide bonds. The number of hydrogen-bond acceptors (Lipinski definition) is 4. The SMILES string of the molecule is CCc1nc(Cl)c(C)c(N(C)Cc2ccccc2OC)n1. The number of aromatic nitrogens is 2. The summed E-state index contributed by atoms with van der Waals surface area (Å²) in [4.78, 5) is 10.9. The van der Waals surface area contributed by atoms with Crippen LogP contribution in [0.15, 0.2) is 24.3 Å². The van der Waals surface area contributed by atoms with Crippen LogP contribution < -0.4 is 9.64 Å². The first kappa shape index (κ1) is 15.6. The molecule has 1 heterocycles. The van der Waals surface area contributed by atoms with Crippen LogP contribution in [0.1, 0.15) is 23.9 Å². The van der Waals surface area contributed by atoms with E-state index in [0.29, 0.717) is 11.7 Å². The van der Waals surface area contributed by atoms with E-state index in [1.54, 1.807) is 7.11 Å². The fraction of sp³-hybridized carbons (Fsp3) is 0.375. The number of nitrogens with zero attached hydrogens (tertiary/aromatic N) is 3. The van der Waals surface area contributed by atoms with Gasteiger partial charge in [-0.25, -0.2) is 9.97 Å². The third-order valence-corrected chi connectivity index (χ3v) is 3.75. The van der Waals surface area contributed by atoms with Crippen molar-refractivity contribution < 1.29 is 4.74 Å². The minimum absolute atomic E-state index is 0.517. The highest BCUT2D eigenvalue weighted by molar-refractivity contribution is 6.30. The van der Waals surface area contributed by atoms with E-state index >= 15 is 0 Å². The molecule has 4 nitrogen and oxygen atoms in total. The van der Waals surface area contributed by atoms with Gasteiger partial charge in [-0.1, -0.05) is 36.7 Å². The van der Waals surface area contributed by atoms with Crippen molar-refractivity contribution in [1.29, 1.82) is 0 Å². The van der Waals surface area contributed by atoms with Crippen molar-refractivity contribution in [2.45, 2.75) is 26.8 Å². The maximum absolute atomic E-state index is 6.20. The topological polar surface area (TPSA) is 38.2 Å². The molecule has 0 unspecified atom stereocenters. The molecule has 0 aliphatic heterocycles. The van der Waals surface area contributed by atoms with Crippen LogP contribution in [0.25, 0.3) is 0 Å². The van der Waals surface area contributed by atoms with Crippen molar-refractivity contribution in [2.75, 3.05) is 19.1 Å². The van der Waals surface area contributed by atoms with Crippen molar-refractivity contribution in [3.8, 4) is 5.75 Å². The number of anilines is 1. The zero-order valence-electron chi connectivity index (χ0n) is 12.9. The van der Waals surface area contributed by atoms with Crippen LogP contribution in [0.5, 0.6) is 5.75 Å². The second-order valence-corrected chi connectivity index (χ2v) is 5.26. The first-order chi connectivity index (χ1) is 10.1. The third-order valence-electron chi connectivity index (χ3n) is 3.38. The summed E-state index contributed by atoms with van der Waals surface area (Å²) >= 11 is 6.20. The summed E-state index contributed by atoms with van der Waals surface area (Å²) in [5, 5.41) is 0.517. The first-order valence-electron chi connectivity index (χ1n) is 6.92. The Kier molecular flexibility index (Phi) is 5.02. The molecule has 0 N–H and O–H groups in total. The summed E-state index contributed by atoms with van der Waals surface area (Å²) in [6.45, 7) is 4.65. The third kappa shape index (κ3) is 3.45. The molecule has 2 aromatic rings. The van der Waals surface area contributed by atoms with E-state index in [1.165, 1.54) is 0 Å². The van der Waals surface area contributed by atoms with Gasteiger partial charge in [0.25, 0.3) is 0 Å². The highest BCUT2D eigenvalue weighted by Gasteiger charge is 2.14. The summed E-state index contributed by atoms with van der Waals surface area (Å²) in [5.41, 5.74) is 2.00. The van der Waals surface area contributed by atoms with E-state index in [1.807, 2.05) is 45.2 Å². The lowest BCUT2D eigenvalue weighted by atomic mass is 10.2. The first-order valence-corrected chi connectivity index (χ1v) is 7.30. The van der Waals surface area contributed by atoms with Gasteiger partial charge in [0.2, 0.25) is 0 Å². The molecule has 0 saturated heterocycles. The highest BCUT2D eigenvalue weighted by atomic mass is 35.5. The van der Waals surface area contributed by atoms with E-state index in [0.717, 1.165) is 34.9 Å². The van der Waals surface area contributed by atoms with Crippen LogP contribution in [-0.4, -0.2) is 24.1 Å². The van der Waals surface area contributed by atoms with Gasteiger partial charge in [0.05, 0.1) is 7.11 Å². The summed E-state index contributed by atoms with van der Waals surface area (Å²) in [5.74, 6) is 2.49. The molecule has 1 aromatic heterocycles. The van der Waals surface area contributed by atoms with Crippen LogP contribution in [0.4, 0.5) is 5.82 Å². The Labute approximate surface area is 130 Å². The minimum atomic E-state index is 0.517. The lowest BCUT2D eigenvalue weighted by Crippen LogP contribution is -2.20. The Hall–Kier alpha value is -1.81. The molecule has 0 spiro atoms. The normalized spacial score (nSPS) is 10.5. The van der Waals surface area contributed by atoms with E-state index in [9.17, 15) is 0 Å². The molecule has 5 heteroatoms. The Morgan fingerprint density at radius 2 is 1.95 bits per heavy atom. The maximum Gasteiger partial charge on any atom is 0.137 e. The van der Waals surface area contributed by atoms with E-state index < -0.39 is 0 Å². The standard InChI is InChI=1S/C16H20ClN3O/c1-5-14-18-15(17)11(2)16(19-14)20(3)10-12-8-6-7-9-13(12)21-4/h6-9H,5,10H2,1-4H3. The van der Waals surface area contributed by atoms with Gasteiger partial charge < -0.3 is 9.64 Å². The van der Waals surface area contributed by atoms with Gasteiger partial charge in [-0.05, 0) is 13.0 Å². The maximum atomic E-state index is 6.20. The number of rotatable bonds is 5. The molecule has 112 valence electrons. The van der Waals surface area contributed by atoms with Crippen LogP contribution in [0.2, 0.25) is 5.15 Å². The predicted molar refractivity (Wildman–Crippen MR) is 86.3 cm³/mol. The number of hydrogen-bond donors (Lipinski definition) is 0. The average Bonchev–Trinajstić information content (AvgIpc) is 2.50. The molecule has 0 aliphatic rings. The Bertz CT molecular complexity index is 631. The second-order valence-electron chi connectivity index (χ2n) is 4.90. The average molecular weight is 306 g/mol. The minimum Gasteiger partial charge on any atom is -0.496 e. The quantitative estimate of drug-likeness (QED) is 0.790. The summed E-state index contributed by atoms with van der Waals surface area (Å²) in [6.07, 6.45) is 0.759. The highest BCUT2D eigenvalue weighted by Crippen LogP contribution is 2.26. The van der Waals surface area contributed by atoms with Gasteiger partial charge in [-0.15, -0.1) is 0 Å². The van der Waals surface area contributed by atoms with Gasteiger partial charge in [0, 0.05) is 31.1 Å². The molecule has 0 bridgehead atoms. The van der Waals surface area contributed by atoms with Crippen molar-refractivity contribution in [3.63, 3.8) is 0 Å².